The van der Waals surface area contributed by atoms with Crippen LogP contribution in [0.2, 0.25) is 0 Å². The van der Waals surface area contributed by atoms with E-state index in [1.54, 1.807) is 12.4 Å². The normalized spacial score (nSPS) is 14.0. The first-order valence-corrected chi connectivity index (χ1v) is 12.7. The second-order valence-electron chi connectivity index (χ2n) is 9.75. The maximum absolute atomic E-state index is 11.8. The Bertz CT molecular complexity index is 1740. The molecule has 2 N–H and O–H groups in total. The molecule has 4 heterocycles. The number of fused-ring (bicyclic) bond motifs is 4. The number of hydrogen-bond acceptors (Lipinski definition) is 5. The predicted octanol–water partition coefficient (Wildman–Crippen LogP) is 6.34. The van der Waals surface area contributed by atoms with Crippen molar-refractivity contribution in [3.05, 3.63) is 102 Å². The third kappa shape index (κ3) is 3.71. The molecule has 0 atom stereocenters. The average molecular weight is 497 g/mol. The molecular weight excluding hydrogens is 472 g/mol. The highest BCUT2D eigenvalue weighted by atomic mass is 16.1. The number of benzene rings is 2. The Hall–Kier alpha value is -4.91. The van der Waals surface area contributed by atoms with Crippen LogP contribution in [0.3, 0.4) is 0 Å². The van der Waals surface area contributed by atoms with Gasteiger partial charge in [-0.1, -0.05) is 30.8 Å². The monoisotopic (exact) mass is 496 g/mol. The van der Waals surface area contributed by atoms with E-state index in [0.29, 0.717) is 6.42 Å². The van der Waals surface area contributed by atoms with Crippen molar-refractivity contribution in [3.63, 3.8) is 0 Å². The fraction of sp³-hybridized carbons (Fsp3) is 0.129. The van der Waals surface area contributed by atoms with Crippen molar-refractivity contribution in [2.45, 2.75) is 25.7 Å². The SMILES string of the molecule is C=C1CCc2ccc(-c3ccnc4[nH]ncc34)cc21.O=C1CCc2ccc(-c3ccnc4[nH]ncc34)cc21. The summed E-state index contributed by atoms with van der Waals surface area (Å²) in [7, 11) is 0. The lowest BCUT2D eigenvalue weighted by Crippen LogP contribution is -1.92. The Labute approximate surface area is 218 Å². The molecule has 7 heteroatoms. The van der Waals surface area contributed by atoms with Gasteiger partial charge in [-0.15, -0.1) is 0 Å². The fourth-order valence-corrected chi connectivity index (χ4v) is 5.52. The van der Waals surface area contributed by atoms with Crippen LogP contribution >= 0.6 is 0 Å². The maximum atomic E-state index is 11.8. The van der Waals surface area contributed by atoms with Crippen molar-refractivity contribution in [3.8, 4) is 22.3 Å². The van der Waals surface area contributed by atoms with Crippen molar-refractivity contribution < 1.29 is 4.79 Å². The molecule has 0 amide bonds. The van der Waals surface area contributed by atoms with Gasteiger partial charge in [0, 0.05) is 35.2 Å². The largest absolute Gasteiger partial charge is 0.294 e. The summed E-state index contributed by atoms with van der Waals surface area (Å²) in [5.74, 6) is 0.245. The van der Waals surface area contributed by atoms with Gasteiger partial charge in [-0.25, -0.2) is 9.97 Å². The van der Waals surface area contributed by atoms with Gasteiger partial charge < -0.3 is 0 Å². The smallest absolute Gasteiger partial charge is 0.163 e. The molecule has 6 aromatic rings. The summed E-state index contributed by atoms with van der Waals surface area (Å²) in [6.07, 6.45) is 10.9. The molecule has 0 bridgehead atoms. The standard InChI is InChI=1S/C16H13N3.C15H11N3O/c1-10-2-3-11-4-5-12(8-14(10)11)13-6-7-17-16-15(13)9-18-19-16;19-14-4-3-9-1-2-10(7-12(9)14)11-5-6-16-15-13(11)8-17-18-15/h4-9H,1-3H2,(H,17,18,19);1-2,5-8H,3-4H2,(H,16,17,18). The second-order valence-corrected chi connectivity index (χ2v) is 9.75. The number of aromatic amines is 2. The summed E-state index contributed by atoms with van der Waals surface area (Å²) in [4.78, 5) is 20.3. The van der Waals surface area contributed by atoms with Crippen molar-refractivity contribution in [2.24, 2.45) is 0 Å². The van der Waals surface area contributed by atoms with Crippen molar-refractivity contribution in [1.82, 2.24) is 30.4 Å². The highest BCUT2D eigenvalue weighted by molar-refractivity contribution is 6.02. The highest BCUT2D eigenvalue weighted by Gasteiger charge is 2.20. The topological polar surface area (TPSA) is 100 Å². The minimum absolute atomic E-state index is 0.245. The zero-order valence-corrected chi connectivity index (χ0v) is 20.7. The van der Waals surface area contributed by atoms with Crippen molar-refractivity contribution in [1.29, 1.82) is 0 Å². The van der Waals surface area contributed by atoms with Crippen LogP contribution in [-0.4, -0.2) is 36.1 Å². The summed E-state index contributed by atoms with van der Waals surface area (Å²) in [6.45, 7) is 4.15. The third-order valence-corrected chi connectivity index (χ3v) is 7.55. The van der Waals surface area contributed by atoms with Crippen LogP contribution in [-0.2, 0) is 12.8 Å². The number of aryl methyl sites for hydroxylation is 2. The number of hydrogen-bond donors (Lipinski definition) is 2. The first-order valence-electron chi connectivity index (χ1n) is 12.7. The molecule has 8 rings (SSSR count). The fourth-order valence-electron chi connectivity index (χ4n) is 5.52. The van der Waals surface area contributed by atoms with Crippen LogP contribution in [0.15, 0.2) is 79.9 Å². The molecule has 2 aliphatic carbocycles. The zero-order valence-electron chi connectivity index (χ0n) is 20.7. The molecule has 2 aliphatic rings. The Balaban J connectivity index is 0.000000127. The number of ketones is 1. The summed E-state index contributed by atoms with van der Waals surface area (Å²) >= 11 is 0. The van der Waals surface area contributed by atoms with E-state index in [0.717, 1.165) is 63.6 Å². The highest BCUT2D eigenvalue weighted by Crippen LogP contribution is 2.36. The number of carbonyl (C=O) groups is 1. The Morgan fingerprint density at radius 3 is 1.82 bits per heavy atom. The molecule has 0 spiro atoms. The van der Waals surface area contributed by atoms with E-state index in [2.05, 4.69) is 67.3 Å². The van der Waals surface area contributed by atoms with Gasteiger partial charge in [-0.2, -0.15) is 10.2 Å². The van der Waals surface area contributed by atoms with Gasteiger partial charge in [0.1, 0.15) is 0 Å². The molecule has 0 aliphatic heterocycles. The first-order chi connectivity index (χ1) is 18.7. The van der Waals surface area contributed by atoms with Gasteiger partial charge in [0.15, 0.2) is 17.1 Å². The summed E-state index contributed by atoms with van der Waals surface area (Å²) < 4.78 is 0. The third-order valence-electron chi connectivity index (χ3n) is 7.55. The Kier molecular flexibility index (Phi) is 5.21. The molecule has 0 unspecified atom stereocenters. The number of rotatable bonds is 2. The van der Waals surface area contributed by atoms with E-state index in [9.17, 15) is 4.79 Å². The van der Waals surface area contributed by atoms with E-state index < -0.39 is 0 Å². The molecular formula is C31H24N6O. The van der Waals surface area contributed by atoms with Crippen LogP contribution in [0, 0.1) is 0 Å². The molecule has 2 aromatic carbocycles. The minimum Gasteiger partial charge on any atom is -0.294 e. The number of nitrogens with zero attached hydrogens (tertiary/aromatic N) is 4. The molecule has 7 nitrogen and oxygen atoms in total. The molecule has 0 saturated carbocycles. The number of Topliss-reactive ketones (excluding diaryl/α,β-unsaturated/α-hetero) is 1. The van der Waals surface area contributed by atoms with Crippen LogP contribution in [0.25, 0.3) is 49.9 Å². The second kappa shape index (κ2) is 8.88. The number of H-pyrrole nitrogens is 2. The van der Waals surface area contributed by atoms with E-state index in [1.165, 1.54) is 27.8 Å². The van der Waals surface area contributed by atoms with Crippen LogP contribution in [0.5, 0.6) is 0 Å². The molecule has 38 heavy (non-hydrogen) atoms. The molecule has 184 valence electrons. The van der Waals surface area contributed by atoms with Gasteiger partial charge in [0.2, 0.25) is 0 Å². The lowest BCUT2D eigenvalue weighted by molar-refractivity contribution is 0.0994. The number of nitrogens with one attached hydrogen (secondary N) is 2. The van der Waals surface area contributed by atoms with Crippen LogP contribution in [0.1, 0.15) is 39.9 Å². The quantitative estimate of drug-likeness (QED) is 0.291. The van der Waals surface area contributed by atoms with E-state index in [1.807, 2.05) is 30.6 Å². The van der Waals surface area contributed by atoms with Crippen molar-refractivity contribution in [2.75, 3.05) is 0 Å². The molecule has 4 aromatic heterocycles. The lowest BCUT2D eigenvalue weighted by Gasteiger charge is -2.06. The summed E-state index contributed by atoms with van der Waals surface area (Å²) in [6, 6.07) is 16.8. The number of pyridine rings is 2. The number of aromatic nitrogens is 6. The van der Waals surface area contributed by atoms with Gasteiger partial charge in [-0.05, 0) is 88.0 Å². The average Bonchev–Trinajstić information content (AvgIpc) is 3.76. The predicted molar refractivity (Wildman–Crippen MR) is 149 cm³/mol. The molecule has 0 radical (unpaired) electrons. The van der Waals surface area contributed by atoms with Crippen LogP contribution in [0.4, 0.5) is 0 Å². The van der Waals surface area contributed by atoms with E-state index in [4.69, 9.17) is 0 Å². The summed E-state index contributed by atoms with van der Waals surface area (Å²) in [5.41, 5.74) is 12.1. The van der Waals surface area contributed by atoms with E-state index >= 15 is 0 Å². The maximum Gasteiger partial charge on any atom is 0.163 e. The number of carbonyl (C=O) groups excluding carboxylic acids is 1. The Morgan fingerprint density at radius 1 is 0.632 bits per heavy atom. The lowest BCUT2D eigenvalue weighted by atomic mass is 9.98. The van der Waals surface area contributed by atoms with Gasteiger partial charge >= 0.3 is 0 Å². The summed E-state index contributed by atoms with van der Waals surface area (Å²) in [5, 5.41) is 15.9. The van der Waals surface area contributed by atoms with Crippen molar-refractivity contribution >= 4 is 33.4 Å². The molecule has 0 saturated heterocycles. The minimum atomic E-state index is 0.245. The number of allylic oxidation sites excluding steroid dienone is 1. The van der Waals surface area contributed by atoms with Crippen LogP contribution < -0.4 is 0 Å². The Morgan fingerprint density at radius 2 is 1.18 bits per heavy atom. The first kappa shape index (κ1) is 22.3. The van der Waals surface area contributed by atoms with Gasteiger partial charge in [0.05, 0.1) is 12.4 Å². The molecule has 0 fully saturated rings. The van der Waals surface area contributed by atoms with Gasteiger partial charge in [-0.3, -0.25) is 15.0 Å². The zero-order chi connectivity index (χ0) is 25.6. The van der Waals surface area contributed by atoms with Gasteiger partial charge in [0.25, 0.3) is 0 Å². The van der Waals surface area contributed by atoms with E-state index in [-0.39, 0.29) is 5.78 Å².